The highest BCUT2D eigenvalue weighted by molar-refractivity contribution is 6.32. The lowest BCUT2D eigenvalue weighted by Crippen LogP contribution is -2.25. The van der Waals surface area contributed by atoms with E-state index >= 15 is 0 Å². The summed E-state index contributed by atoms with van der Waals surface area (Å²) < 4.78 is 18.7. The molecule has 2 rings (SSSR count). The van der Waals surface area contributed by atoms with Gasteiger partial charge in [-0.1, -0.05) is 23.7 Å². The van der Waals surface area contributed by atoms with Gasteiger partial charge in [0.25, 0.3) is 0 Å². The summed E-state index contributed by atoms with van der Waals surface area (Å²) in [5.74, 6) is 0.312. The summed E-state index contributed by atoms with van der Waals surface area (Å²) in [6, 6.07) is 11.9. The molecule has 4 heteroatoms. The van der Waals surface area contributed by atoms with Crippen LogP contribution in [0.5, 0.6) is 5.75 Å². The molecule has 0 fully saturated rings. The van der Waals surface area contributed by atoms with E-state index in [0.717, 1.165) is 11.3 Å². The van der Waals surface area contributed by atoms with Gasteiger partial charge >= 0.3 is 0 Å². The monoisotopic (exact) mass is 307 g/mol. The first kappa shape index (κ1) is 15.6. The van der Waals surface area contributed by atoms with Crippen molar-refractivity contribution in [1.82, 2.24) is 0 Å². The summed E-state index contributed by atoms with van der Waals surface area (Å²) >= 11 is 6.22. The number of ether oxygens (including phenoxy) is 1. The van der Waals surface area contributed by atoms with Gasteiger partial charge in [0.15, 0.2) is 0 Å². The first-order valence-electron chi connectivity index (χ1n) is 6.78. The zero-order chi connectivity index (χ0) is 15.5. The van der Waals surface area contributed by atoms with Crippen molar-refractivity contribution in [3.63, 3.8) is 0 Å². The molecule has 0 unspecified atom stereocenters. The summed E-state index contributed by atoms with van der Waals surface area (Å²) in [5, 5.41) is 3.87. The molecular formula is C17H19ClFNO. The molecule has 0 aliphatic heterocycles. The largest absolute Gasteiger partial charge is 0.487 e. The molecule has 2 aromatic carbocycles. The number of anilines is 1. The molecule has 2 aromatic rings. The van der Waals surface area contributed by atoms with Crippen LogP contribution in [0.4, 0.5) is 10.1 Å². The maximum Gasteiger partial charge on any atom is 0.138 e. The SMILES string of the molecule is CC(C)(C)Nc1ccc(OCc2cccc(F)c2)c(Cl)c1. The molecule has 21 heavy (non-hydrogen) atoms. The van der Waals surface area contributed by atoms with Crippen LogP contribution in [0.3, 0.4) is 0 Å². The third-order valence-corrected chi connectivity index (χ3v) is 3.03. The van der Waals surface area contributed by atoms with E-state index < -0.39 is 0 Å². The highest BCUT2D eigenvalue weighted by Gasteiger charge is 2.11. The Hall–Kier alpha value is -1.74. The van der Waals surface area contributed by atoms with Crippen LogP contribution < -0.4 is 10.1 Å². The Bertz CT molecular complexity index is 622. The number of benzene rings is 2. The van der Waals surface area contributed by atoms with Crippen molar-refractivity contribution in [3.8, 4) is 5.75 Å². The summed E-state index contributed by atoms with van der Waals surface area (Å²) in [7, 11) is 0. The van der Waals surface area contributed by atoms with Gasteiger partial charge in [-0.15, -0.1) is 0 Å². The van der Waals surface area contributed by atoms with E-state index in [9.17, 15) is 4.39 Å². The van der Waals surface area contributed by atoms with Gasteiger partial charge in [0, 0.05) is 11.2 Å². The van der Waals surface area contributed by atoms with Crippen LogP contribution in [0, 0.1) is 5.82 Å². The third kappa shape index (κ3) is 4.94. The molecule has 0 amide bonds. The fourth-order valence-corrected chi connectivity index (χ4v) is 2.15. The highest BCUT2D eigenvalue weighted by atomic mass is 35.5. The maximum atomic E-state index is 13.1. The van der Waals surface area contributed by atoms with E-state index in [1.54, 1.807) is 6.07 Å². The van der Waals surface area contributed by atoms with Crippen LogP contribution >= 0.6 is 11.6 Å². The Balaban J connectivity index is 2.04. The van der Waals surface area contributed by atoms with Gasteiger partial charge in [-0.2, -0.15) is 0 Å². The molecule has 0 heterocycles. The van der Waals surface area contributed by atoms with Gasteiger partial charge in [-0.25, -0.2) is 4.39 Å². The van der Waals surface area contributed by atoms with Gasteiger partial charge in [-0.05, 0) is 56.7 Å². The molecule has 1 N–H and O–H groups in total. The fraction of sp³-hybridized carbons (Fsp3) is 0.294. The standard InChI is InChI=1S/C17H19ClFNO/c1-17(2,3)20-14-7-8-16(15(18)10-14)21-11-12-5-4-6-13(19)9-12/h4-10,20H,11H2,1-3H3. The average Bonchev–Trinajstić information content (AvgIpc) is 2.36. The molecule has 0 saturated heterocycles. The van der Waals surface area contributed by atoms with Gasteiger partial charge in [-0.3, -0.25) is 0 Å². The second-order valence-electron chi connectivity index (χ2n) is 5.94. The smallest absolute Gasteiger partial charge is 0.138 e. The van der Waals surface area contributed by atoms with E-state index in [2.05, 4.69) is 26.1 Å². The number of halogens is 2. The predicted molar refractivity (Wildman–Crippen MR) is 85.6 cm³/mol. The zero-order valence-electron chi connectivity index (χ0n) is 12.4. The minimum atomic E-state index is -0.271. The van der Waals surface area contributed by atoms with Crippen LogP contribution in [0.25, 0.3) is 0 Å². The molecule has 0 radical (unpaired) electrons. The van der Waals surface area contributed by atoms with Crippen molar-refractivity contribution >= 4 is 17.3 Å². The van der Waals surface area contributed by atoms with Crippen LogP contribution in [0.2, 0.25) is 5.02 Å². The van der Waals surface area contributed by atoms with E-state index in [1.165, 1.54) is 12.1 Å². The predicted octanol–water partition coefficient (Wildman–Crippen LogP) is 5.27. The van der Waals surface area contributed by atoms with Crippen LogP contribution in [0.15, 0.2) is 42.5 Å². The van der Waals surface area contributed by atoms with Crippen LogP contribution in [-0.4, -0.2) is 5.54 Å². The van der Waals surface area contributed by atoms with Gasteiger partial charge in [0.2, 0.25) is 0 Å². The quantitative estimate of drug-likeness (QED) is 0.831. The van der Waals surface area contributed by atoms with Crippen LogP contribution in [-0.2, 0) is 6.61 Å². The number of nitrogens with one attached hydrogen (secondary N) is 1. The van der Waals surface area contributed by atoms with E-state index in [4.69, 9.17) is 16.3 Å². The highest BCUT2D eigenvalue weighted by Crippen LogP contribution is 2.29. The van der Waals surface area contributed by atoms with Crippen molar-refractivity contribution in [1.29, 1.82) is 0 Å². The Morgan fingerprint density at radius 1 is 1.14 bits per heavy atom. The average molecular weight is 308 g/mol. The van der Waals surface area contributed by atoms with Gasteiger partial charge in [0.1, 0.15) is 18.2 Å². The molecule has 0 saturated carbocycles. The first-order valence-corrected chi connectivity index (χ1v) is 7.16. The van der Waals surface area contributed by atoms with Crippen molar-refractivity contribution in [2.24, 2.45) is 0 Å². The van der Waals surface area contributed by atoms with Crippen molar-refractivity contribution < 1.29 is 9.13 Å². The first-order chi connectivity index (χ1) is 9.83. The molecule has 0 atom stereocenters. The molecule has 2 nitrogen and oxygen atoms in total. The van der Waals surface area contributed by atoms with Crippen molar-refractivity contribution in [3.05, 3.63) is 58.9 Å². The van der Waals surface area contributed by atoms with E-state index in [-0.39, 0.29) is 18.0 Å². The van der Waals surface area contributed by atoms with Crippen LogP contribution in [0.1, 0.15) is 26.3 Å². The lowest BCUT2D eigenvalue weighted by molar-refractivity contribution is 0.306. The number of hydrogen-bond donors (Lipinski definition) is 1. The van der Waals surface area contributed by atoms with Crippen molar-refractivity contribution in [2.45, 2.75) is 32.9 Å². The molecule has 0 aliphatic carbocycles. The molecular weight excluding hydrogens is 289 g/mol. The molecule has 0 bridgehead atoms. The molecule has 0 aliphatic rings. The minimum absolute atomic E-state index is 0.0345. The molecule has 0 aromatic heterocycles. The Morgan fingerprint density at radius 2 is 1.90 bits per heavy atom. The lowest BCUT2D eigenvalue weighted by Gasteiger charge is -2.22. The fourth-order valence-electron chi connectivity index (χ4n) is 1.92. The number of hydrogen-bond acceptors (Lipinski definition) is 2. The zero-order valence-corrected chi connectivity index (χ0v) is 13.2. The molecule has 0 spiro atoms. The minimum Gasteiger partial charge on any atom is -0.487 e. The Labute approximate surface area is 129 Å². The number of rotatable bonds is 4. The molecule has 112 valence electrons. The second kappa shape index (κ2) is 6.35. The Morgan fingerprint density at radius 3 is 2.52 bits per heavy atom. The normalized spacial score (nSPS) is 11.3. The second-order valence-corrected chi connectivity index (χ2v) is 6.35. The topological polar surface area (TPSA) is 21.3 Å². The van der Waals surface area contributed by atoms with Gasteiger partial charge in [0.05, 0.1) is 5.02 Å². The summed E-state index contributed by atoms with van der Waals surface area (Å²) in [5.41, 5.74) is 1.67. The van der Waals surface area contributed by atoms with E-state index in [1.807, 2.05) is 24.3 Å². The maximum absolute atomic E-state index is 13.1. The lowest BCUT2D eigenvalue weighted by atomic mass is 10.1. The third-order valence-electron chi connectivity index (χ3n) is 2.73. The van der Waals surface area contributed by atoms with Crippen molar-refractivity contribution in [2.75, 3.05) is 5.32 Å². The van der Waals surface area contributed by atoms with Gasteiger partial charge < -0.3 is 10.1 Å². The summed E-state index contributed by atoms with van der Waals surface area (Å²) in [4.78, 5) is 0. The summed E-state index contributed by atoms with van der Waals surface area (Å²) in [6.45, 7) is 6.52. The van der Waals surface area contributed by atoms with E-state index in [0.29, 0.717) is 10.8 Å². The Kier molecular flexibility index (Phi) is 4.73. The summed E-state index contributed by atoms with van der Waals surface area (Å²) in [6.07, 6.45) is 0.